The average molecular weight is 635 g/mol. The number of alkyl halides is 7. The van der Waals surface area contributed by atoms with Gasteiger partial charge in [0.2, 0.25) is 0 Å². The summed E-state index contributed by atoms with van der Waals surface area (Å²) < 4.78 is 95.4. The second kappa shape index (κ2) is 13.9. The number of halogens is 9. The number of anilines is 2. The highest BCUT2D eigenvalue weighted by molar-refractivity contribution is 6.68. The van der Waals surface area contributed by atoms with E-state index in [9.17, 15) is 49.9 Å². The summed E-state index contributed by atoms with van der Waals surface area (Å²) in [6, 6.07) is 11.0. The number of amides is 2. The van der Waals surface area contributed by atoms with Gasteiger partial charge in [0, 0.05) is 28.9 Å². The van der Waals surface area contributed by atoms with Gasteiger partial charge in [0.25, 0.3) is 10.5 Å². The van der Waals surface area contributed by atoms with Gasteiger partial charge in [-0.1, -0.05) is 12.1 Å². The van der Waals surface area contributed by atoms with E-state index in [-0.39, 0.29) is 35.5 Å². The zero-order valence-electron chi connectivity index (χ0n) is 20.4. The van der Waals surface area contributed by atoms with Crippen LogP contribution in [0.4, 0.5) is 51.7 Å². The van der Waals surface area contributed by atoms with Crippen LogP contribution in [0.5, 0.6) is 0 Å². The van der Waals surface area contributed by atoms with Crippen LogP contribution in [0.15, 0.2) is 48.5 Å². The maximum absolute atomic E-state index is 12.9. The Labute approximate surface area is 237 Å². The lowest BCUT2D eigenvalue weighted by molar-refractivity contribution is -0.328. The van der Waals surface area contributed by atoms with Crippen molar-refractivity contribution in [1.29, 1.82) is 0 Å². The van der Waals surface area contributed by atoms with Gasteiger partial charge in [-0.05, 0) is 66.0 Å². The van der Waals surface area contributed by atoms with Crippen LogP contribution in [0.1, 0.15) is 40.0 Å². The fourth-order valence-corrected chi connectivity index (χ4v) is 3.26. The summed E-state index contributed by atoms with van der Waals surface area (Å²) in [7, 11) is 0. The largest absolute Gasteiger partial charge is 0.449 e. The van der Waals surface area contributed by atoms with Gasteiger partial charge < -0.3 is 9.47 Å². The molecule has 0 spiro atoms. The number of ether oxygens (including phenoxy) is 2. The molecular formula is C24H19Cl2F7N2O6. The van der Waals surface area contributed by atoms with Crippen LogP contribution in [0.25, 0.3) is 0 Å². The number of nitrogens with one attached hydrogen (secondary N) is 2. The summed E-state index contributed by atoms with van der Waals surface area (Å²) in [4.78, 5) is 44.5. The molecule has 2 amide bonds. The molecule has 2 aromatic carbocycles. The molecule has 0 radical (unpaired) electrons. The smallest absolute Gasteiger partial charge is 0.412 e. The highest BCUT2D eigenvalue weighted by Crippen LogP contribution is 2.52. The zero-order chi connectivity index (χ0) is 31.0. The molecule has 2 aromatic rings. The molecule has 17 heteroatoms. The summed E-state index contributed by atoms with van der Waals surface area (Å²) in [5.41, 5.74) is 0.565. The number of rotatable bonds is 8. The molecule has 1 atom stereocenters. The van der Waals surface area contributed by atoms with Crippen molar-refractivity contribution in [3.8, 4) is 0 Å². The van der Waals surface area contributed by atoms with Crippen molar-refractivity contribution in [1.82, 2.24) is 0 Å². The van der Waals surface area contributed by atoms with Gasteiger partial charge in [-0.15, -0.1) is 0 Å². The average Bonchev–Trinajstić information content (AvgIpc) is 2.86. The molecule has 0 saturated heterocycles. The first-order valence-corrected chi connectivity index (χ1v) is 12.0. The third kappa shape index (κ3) is 10.4. The molecule has 0 aromatic heterocycles. The summed E-state index contributed by atoms with van der Waals surface area (Å²) in [6.07, 6.45) is -11.2. The van der Waals surface area contributed by atoms with Crippen molar-refractivity contribution in [3.63, 3.8) is 0 Å². The Morgan fingerprint density at radius 2 is 1.34 bits per heavy atom. The quantitative estimate of drug-likeness (QED) is 0.176. The molecule has 1 aliphatic rings. The maximum atomic E-state index is 12.9. The molecular weight excluding hydrogens is 616 g/mol. The SMILES string of the molecule is O=C(Nc1cccc(C(=O)Cl)c1)OC1CC(F)(F)C1(F)F.O=C(Nc1cccc(C(=O)Cl)c1)OCCCC(F)(F)F. The van der Waals surface area contributed by atoms with E-state index in [4.69, 9.17) is 23.2 Å². The van der Waals surface area contributed by atoms with Gasteiger partial charge in [0.1, 0.15) is 0 Å². The number of carbonyl (C=O) groups is 4. The van der Waals surface area contributed by atoms with Crippen molar-refractivity contribution in [2.75, 3.05) is 17.2 Å². The fourth-order valence-electron chi connectivity index (χ4n) is 3.02. The van der Waals surface area contributed by atoms with Crippen LogP contribution in [0, 0.1) is 0 Å². The normalized spacial score (nSPS) is 16.7. The minimum absolute atomic E-state index is 0.0564. The van der Waals surface area contributed by atoms with Gasteiger partial charge in [0.05, 0.1) is 13.0 Å². The summed E-state index contributed by atoms with van der Waals surface area (Å²) in [5, 5.41) is 2.86. The van der Waals surface area contributed by atoms with Gasteiger partial charge in [0.15, 0.2) is 6.10 Å². The highest BCUT2D eigenvalue weighted by atomic mass is 35.5. The standard InChI is InChI=1S/C12H8ClF4NO3.C12H11ClF3NO3/c13-9(19)6-2-1-3-7(4-6)18-10(20)21-8-5-11(14,15)12(8,16)17;13-10(18)8-3-1-4-9(7-8)17-11(19)20-6-2-5-12(14,15)16/h1-4,8H,5H2,(H,18,20);1,3-4,7H,2,5-6H2,(H,17,19). The van der Waals surface area contributed by atoms with E-state index >= 15 is 0 Å². The molecule has 0 aliphatic heterocycles. The van der Waals surface area contributed by atoms with E-state index < -0.39 is 59.6 Å². The minimum atomic E-state index is -4.39. The summed E-state index contributed by atoms with van der Waals surface area (Å²) in [5.74, 6) is -8.57. The maximum Gasteiger partial charge on any atom is 0.412 e. The Kier molecular flexibility index (Phi) is 11.4. The first-order chi connectivity index (χ1) is 18.9. The molecule has 1 aliphatic carbocycles. The van der Waals surface area contributed by atoms with Crippen molar-refractivity contribution >= 4 is 57.2 Å². The van der Waals surface area contributed by atoms with Crippen LogP contribution in [0.2, 0.25) is 0 Å². The lowest BCUT2D eigenvalue weighted by atomic mass is 9.85. The molecule has 1 unspecified atom stereocenters. The van der Waals surface area contributed by atoms with Gasteiger partial charge >= 0.3 is 30.2 Å². The van der Waals surface area contributed by atoms with E-state index in [0.29, 0.717) is 0 Å². The Morgan fingerprint density at radius 3 is 1.76 bits per heavy atom. The first-order valence-electron chi connectivity index (χ1n) is 11.2. The number of benzene rings is 2. The van der Waals surface area contributed by atoms with Gasteiger partial charge in [-0.25, -0.2) is 9.59 Å². The van der Waals surface area contributed by atoms with Crippen LogP contribution in [-0.2, 0) is 9.47 Å². The number of carbonyl (C=O) groups excluding carboxylic acids is 4. The molecule has 0 heterocycles. The Bertz CT molecular complexity index is 1280. The predicted octanol–water partition coefficient (Wildman–Crippen LogP) is 7.61. The third-order valence-electron chi connectivity index (χ3n) is 5.09. The van der Waals surface area contributed by atoms with Crippen molar-refractivity contribution in [2.45, 2.75) is 43.4 Å². The number of hydrogen-bond acceptors (Lipinski definition) is 6. The van der Waals surface area contributed by atoms with E-state index in [1.165, 1.54) is 48.5 Å². The topological polar surface area (TPSA) is 111 Å². The fraction of sp³-hybridized carbons (Fsp3) is 0.333. The van der Waals surface area contributed by atoms with E-state index in [1.807, 2.05) is 0 Å². The lowest BCUT2D eigenvalue weighted by Gasteiger charge is -2.42. The van der Waals surface area contributed by atoms with Gasteiger partial charge in [-0.2, -0.15) is 30.7 Å². The lowest BCUT2D eigenvalue weighted by Crippen LogP contribution is -2.63. The van der Waals surface area contributed by atoms with Crippen LogP contribution in [0.3, 0.4) is 0 Å². The third-order valence-corrected chi connectivity index (χ3v) is 5.53. The number of hydrogen-bond donors (Lipinski definition) is 2. The van der Waals surface area contributed by atoms with E-state index in [2.05, 4.69) is 20.1 Å². The monoisotopic (exact) mass is 634 g/mol. The molecule has 41 heavy (non-hydrogen) atoms. The van der Waals surface area contributed by atoms with Crippen LogP contribution in [-0.4, -0.2) is 53.4 Å². The van der Waals surface area contributed by atoms with E-state index in [0.717, 1.165) is 0 Å². The van der Waals surface area contributed by atoms with Crippen LogP contribution < -0.4 is 10.6 Å². The Morgan fingerprint density at radius 1 is 0.854 bits per heavy atom. The van der Waals surface area contributed by atoms with Crippen LogP contribution >= 0.6 is 23.2 Å². The Hall–Kier alpha value is -3.59. The highest BCUT2D eigenvalue weighted by Gasteiger charge is 2.74. The molecule has 224 valence electrons. The molecule has 2 N–H and O–H groups in total. The molecule has 8 nitrogen and oxygen atoms in total. The molecule has 0 bridgehead atoms. The predicted molar refractivity (Wildman–Crippen MR) is 132 cm³/mol. The summed E-state index contributed by atoms with van der Waals surface area (Å²) >= 11 is 10.5. The summed E-state index contributed by atoms with van der Waals surface area (Å²) in [6.45, 7) is -0.348. The van der Waals surface area contributed by atoms with Crippen molar-refractivity contribution < 1.29 is 59.4 Å². The van der Waals surface area contributed by atoms with Crippen molar-refractivity contribution in [3.05, 3.63) is 59.7 Å². The minimum Gasteiger partial charge on any atom is -0.449 e. The van der Waals surface area contributed by atoms with Gasteiger partial charge in [-0.3, -0.25) is 20.2 Å². The second-order valence-electron chi connectivity index (χ2n) is 8.24. The second-order valence-corrected chi connectivity index (χ2v) is 8.93. The molecule has 1 saturated carbocycles. The molecule has 1 fully saturated rings. The first kappa shape index (κ1) is 33.6. The van der Waals surface area contributed by atoms with E-state index in [1.54, 1.807) is 0 Å². The zero-order valence-corrected chi connectivity index (χ0v) is 21.9. The van der Waals surface area contributed by atoms with Crippen molar-refractivity contribution in [2.24, 2.45) is 0 Å². The Balaban J connectivity index is 0.000000287. The molecule has 3 rings (SSSR count).